The smallest absolute Gasteiger partial charge is 0.199 e. The Morgan fingerprint density at radius 2 is 1.40 bits per heavy atom. The lowest BCUT2D eigenvalue weighted by Gasteiger charge is -2.18. The Balaban J connectivity index is 3.34. The summed E-state index contributed by atoms with van der Waals surface area (Å²) in [5.41, 5.74) is -2.44. The van der Waals surface area contributed by atoms with E-state index in [-0.39, 0.29) is 0 Å². The van der Waals surface area contributed by atoms with Crippen molar-refractivity contribution in [2.24, 2.45) is 0 Å². The lowest BCUT2D eigenvalue weighted by Crippen LogP contribution is -2.36. The van der Waals surface area contributed by atoms with Crippen LogP contribution >= 0.6 is 0 Å². The van der Waals surface area contributed by atoms with Crippen LogP contribution in [0.4, 0.5) is 30.7 Å². The third-order valence-electron chi connectivity index (χ3n) is 1.32. The van der Waals surface area contributed by atoms with E-state index in [0.717, 1.165) is 0 Å². The van der Waals surface area contributed by atoms with Crippen molar-refractivity contribution in [3.63, 3.8) is 0 Å². The van der Waals surface area contributed by atoms with Crippen LogP contribution in [0, 0.1) is 11.8 Å². The van der Waals surface area contributed by atoms with Gasteiger partial charge in [0.05, 0.1) is 0 Å². The van der Waals surface area contributed by atoms with Crippen LogP contribution in [0.2, 0.25) is 0 Å². The second-order valence-corrected chi connectivity index (χ2v) is 2.31. The molecule has 0 saturated carbocycles. The number of rotatable bonds is 1. The Kier molecular flexibility index (Phi) is 2.53. The molecule has 1 aromatic heterocycles. The molecule has 0 aliphatic carbocycles. The molecule has 84 valence electrons. The normalized spacial score (nSPS) is 13.0. The molecule has 10 heteroatoms. The number of hydrogen-bond donors (Lipinski definition) is 0. The largest absolute Gasteiger partial charge is 0.459 e. The molecule has 0 saturated heterocycles. The van der Waals surface area contributed by atoms with Crippen LogP contribution < -0.4 is 0 Å². The zero-order chi connectivity index (χ0) is 11.9. The van der Waals surface area contributed by atoms with Gasteiger partial charge in [0.2, 0.25) is 5.82 Å². The third kappa shape index (κ3) is 1.83. The van der Waals surface area contributed by atoms with Gasteiger partial charge in [-0.05, 0) is 5.21 Å². The summed E-state index contributed by atoms with van der Waals surface area (Å²) in [6.45, 7) is 0. The molecule has 0 atom stereocenters. The van der Waals surface area contributed by atoms with Crippen LogP contribution in [-0.2, 0) is 5.92 Å². The van der Waals surface area contributed by atoms with Gasteiger partial charge in [-0.3, -0.25) is 0 Å². The summed E-state index contributed by atoms with van der Waals surface area (Å²) in [4.78, 5) is 0. The molecule has 0 fully saturated rings. The van der Waals surface area contributed by atoms with Gasteiger partial charge >= 0.3 is 12.1 Å². The second kappa shape index (κ2) is 3.28. The highest BCUT2D eigenvalue weighted by Gasteiger charge is 2.62. The molecule has 0 spiro atoms. The zero-order valence-corrected chi connectivity index (χ0v) is 6.49. The third-order valence-corrected chi connectivity index (χ3v) is 1.32. The van der Waals surface area contributed by atoms with Gasteiger partial charge in [0.1, 0.15) is 0 Å². The van der Waals surface area contributed by atoms with E-state index in [0.29, 0.717) is 0 Å². The SMILES string of the molecule is Fc1nnnc(C(F)(F)C(F)(F)F)c1F. The minimum absolute atomic E-state index is 2.13. The summed E-state index contributed by atoms with van der Waals surface area (Å²) in [5, 5.41) is 6.59. The van der Waals surface area contributed by atoms with Crippen molar-refractivity contribution in [1.29, 1.82) is 0 Å². The standard InChI is InChI=1S/C5F7N3/c6-1-2(13-15-14-3(1)7)4(8,9)5(10,11)12. The molecule has 15 heavy (non-hydrogen) atoms. The summed E-state index contributed by atoms with van der Waals surface area (Å²) in [6.07, 6.45) is -6.09. The van der Waals surface area contributed by atoms with E-state index >= 15 is 0 Å². The highest BCUT2D eigenvalue weighted by Crippen LogP contribution is 2.43. The molecular weight excluding hydrogens is 235 g/mol. The van der Waals surface area contributed by atoms with Crippen LogP contribution in [0.3, 0.4) is 0 Å². The van der Waals surface area contributed by atoms with Crippen LogP contribution in [-0.4, -0.2) is 21.6 Å². The molecule has 0 aliphatic rings. The van der Waals surface area contributed by atoms with E-state index in [1.807, 2.05) is 0 Å². The minimum atomic E-state index is -6.09. The van der Waals surface area contributed by atoms with Crippen LogP contribution in [0.5, 0.6) is 0 Å². The van der Waals surface area contributed by atoms with E-state index in [1.165, 1.54) is 0 Å². The van der Waals surface area contributed by atoms with E-state index < -0.39 is 29.6 Å². The molecule has 0 amide bonds. The highest BCUT2D eigenvalue weighted by atomic mass is 19.4. The Morgan fingerprint density at radius 1 is 0.867 bits per heavy atom. The van der Waals surface area contributed by atoms with Crippen molar-refractivity contribution in [2.75, 3.05) is 0 Å². The Hall–Kier alpha value is -1.48. The number of hydrogen-bond acceptors (Lipinski definition) is 3. The first kappa shape index (κ1) is 11.6. The fraction of sp³-hybridized carbons (Fsp3) is 0.400. The Labute approximate surface area is 76.9 Å². The van der Waals surface area contributed by atoms with Gasteiger partial charge in [-0.15, -0.1) is 5.10 Å². The van der Waals surface area contributed by atoms with Crippen molar-refractivity contribution in [3.05, 3.63) is 17.5 Å². The predicted octanol–water partition coefficient (Wildman–Crippen LogP) is 1.80. The first-order valence-corrected chi connectivity index (χ1v) is 3.17. The van der Waals surface area contributed by atoms with Gasteiger partial charge in [-0.2, -0.15) is 30.7 Å². The van der Waals surface area contributed by atoms with Crippen molar-refractivity contribution in [1.82, 2.24) is 15.4 Å². The maximum Gasteiger partial charge on any atom is 0.459 e. The number of nitrogens with zero attached hydrogens (tertiary/aromatic N) is 3. The lowest BCUT2D eigenvalue weighted by molar-refractivity contribution is -0.292. The molecule has 0 unspecified atom stereocenters. The highest BCUT2D eigenvalue weighted by molar-refractivity contribution is 5.11. The summed E-state index contributed by atoms with van der Waals surface area (Å²) in [7, 11) is 0. The maximum absolute atomic E-state index is 12.5. The number of halogens is 7. The lowest BCUT2D eigenvalue weighted by atomic mass is 10.2. The summed E-state index contributed by atoms with van der Waals surface area (Å²) in [6, 6.07) is 0. The fourth-order valence-corrected chi connectivity index (χ4v) is 0.627. The van der Waals surface area contributed by atoms with Gasteiger partial charge in [-0.25, -0.2) is 0 Å². The van der Waals surface area contributed by atoms with Gasteiger partial charge in [-0.1, -0.05) is 5.10 Å². The first-order valence-electron chi connectivity index (χ1n) is 3.17. The molecule has 0 N–H and O–H groups in total. The van der Waals surface area contributed by atoms with E-state index in [9.17, 15) is 30.7 Å². The summed E-state index contributed by atoms with van der Waals surface area (Å²) < 4.78 is 84.7. The molecule has 0 bridgehead atoms. The number of aromatic nitrogens is 3. The van der Waals surface area contributed by atoms with E-state index in [4.69, 9.17) is 0 Å². The molecule has 1 aromatic rings. The van der Waals surface area contributed by atoms with Crippen LogP contribution in [0.1, 0.15) is 5.69 Å². The predicted molar refractivity (Wildman–Crippen MR) is 29.7 cm³/mol. The molecule has 1 rings (SSSR count). The van der Waals surface area contributed by atoms with Crippen molar-refractivity contribution < 1.29 is 30.7 Å². The maximum atomic E-state index is 12.5. The van der Waals surface area contributed by atoms with Gasteiger partial charge in [0, 0.05) is 0 Å². The molecule has 0 radical (unpaired) electrons. The monoisotopic (exact) mass is 235 g/mol. The average Bonchev–Trinajstić information content (AvgIpc) is 2.07. The molecular formula is C5F7N3. The van der Waals surface area contributed by atoms with E-state index in [1.54, 1.807) is 0 Å². The van der Waals surface area contributed by atoms with Crippen LogP contribution in [0.15, 0.2) is 0 Å². The fourth-order valence-electron chi connectivity index (χ4n) is 0.627. The number of alkyl halides is 5. The quantitative estimate of drug-likeness (QED) is 0.696. The van der Waals surface area contributed by atoms with Gasteiger partial charge in [0.25, 0.3) is 5.95 Å². The van der Waals surface area contributed by atoms with Gasteiger partial charge in [0.15, 0.2) is 5.69 Å². The van der Waals surface area contributed by atoms with Crippen molar-refractivity contribution in [3.8, 4) is 0 Å². The van der Waals surface area contributed by atoms with E-state index in [2.05, 4.69) is 15.4 Å². The Morgan fingerprint density at radius 3 is 1.87 bits per heavy atom. The average molecular weight is 235 g/mol. The molecule has 1 heterocycles. The van der Waals surface area contributed by atoms with Crippen molar-refractivity contribution >= 4 is 0 Å². The summed E-state index contributed by atoms with van der Waals surface area (Å²) in [5.74, 6) is -10.3. The topological polar surface area (TPSA) is 38.7 Å². The zero-order valence-electron chi connectivity index (χ0n) is 6.49. The molecule has 0 aliphatic heterocycles. The van der Waals surface area contributed by atoms with Crippen molar-refractivity contribution in [2.45, 2.75) is 12.1 Å². The molecule has 3 nitrogen and oxygen atoms in total. The summed E-state index contributed by atoms with van der Waals surface area (Å²) >= 11 is 0. The minimum Gasteiger partial charge on any atom is -0.199 e. The Bertz CT molecular complexity index is 373. The first-order chi connectivity index (χ1) is 6.68. The van der Waals surface area contributed by atoms with Gasteiger partial charge < -0.3 is 0 Å². The van der Waals surface area contributed by atoms with Crippen LogP contribution in [0.25, 0.3) is 0 Å². The second-order valence-electron chi connectivity index (χ2n) is 2.31. The molecule has 0 aromatic carbocycles.